The van der Waals surface area contributed by atoms with E-state index >= 15 is 0 Å². The number of likely N-dealkylation sites (tertiary alicyclic amines) is 1. The number of amides is 2. The Morgan fingerprint density at radius 2 is 1.63 bits per heavy atom. The first-order valence-electron chi connectivity index (χ1n) is 6.54. The number of hydrogen-bond donors (Lipinski definition) is 0. The second-order valence-corrected chi connectivity index (χ2v) is 5.71. The number of likely N-dealkylation sites (N-methyl/N-ethyl adjacent to an activating group) is 1. The Bertz CT molecular complexity index is 665. The fourth-order valence-corrected chi connectivity index (χ4v) is 4.46. The summed E-state index contributed by atoms with van der Waals surface area (Å²) >= 11 is 0. The van der Waals surface area contributed by atoms with Crippen molar-refractivity contribution in [2.45, 2.75) is 24.7 Å². The molecule has 1 saturated heterocycles. The van der Waals surface area contributed by atoms with Gasteiger partial charge in [0, 0.05) is 12.6 Å². The third-order valence-electron chi connectivity index (χ3n) is 5.19. The second kappa shape index (κ2) is 2.95. The van der Waals surface area contributed by atoms with Gasteiger partial charge in [-0.1, -0.05) is 30.7 Å². The molecule has 2 fully saturated rings. The van der Waals surface area contributed by atoms with Crippen LogP contribution in [0.1, 0.15) is 35.2 Å². The predicted octanol–water partition coefficient (Wildman–Crippen LogP) is 1.29. The standard InChI is InChI=1S/C15H13NO3/c1-16-12(18)14-7-4-8-15(14,13(16)19)11(17)9-5-2-3-6-10(9)14/h2-3,5-6H,4,7-8H2,1H3/t14-,15+/m0/s1. The first-order chi connectivity index (χ1) is 9.07. The highest BCUT2D eigenvalue weighted by atomic mass is 16.2. The monoisotopic (exact) mass is 255 g/mol. The lowest BCUT2D eigenvalue weighted by Gasteiger charge is -2.27. The number of benzene rings is 1. The van der Waals surface area contributed by atoms with Crippen LogP contribution in [-0.4, -0.2) is 29.5 Å². The highest BCUT2D eigenvalue weighted by molar-refractivity contribution is 6.30. The van der Waals surface area contributed by atoms with E-state index in [0.29, 0.717) is 18.4 Å². The molecule has 96 valence electrons. The minimum Gasteiger partial charge on any atom is -0.293 e. The molecule has 0 N–H and O–H groups in total. The fraction of sp³-hybridized carbons (Fsp3) is 0.400. The molecular weight excluding hydrogens is 242 g/mol. The van der Waals surface area contributed by atoms with Gasteiger partial charge in [-0.15, -0.1) is 0 Å². The lowest BCUT2D eigenvalue weighted by molar-refractivity contribution is -0.139. The van der Waals surface area contributed by atoms with Crippen LogP contribution >= 0.6 is 0 Å². The Kier molecular flexibility index (Phi) is 1.69. The van der Waals surface area contributed by atoms with Gasteiger partial charge in [-0.3, -0.25) is 19.3 Å². The van der Waals surface area contributed by atoms with Crippen LogP contribution in [-0.2, 0) is 15.0 Å². The summed E-state index contributed by atoms with van der Waals surface area (Å²) in [5.74, 6) is -0.659. The van der Waals surface area contributed by atoms with Crippen molar-refractivity contribution in [3.05, 3.63) is 35.4 Å². The van der Waals surface area contributed by atoms with Crippen LogP contribution in [0.2, 0.25) is 0 Å². The van der Waals surface area contributed by atoms with Gasteiger partial charge < -0.3 is 0 Å². The maximum absolute atomic E-state index is 12.8. The van der Waals surface area contributed by atoms with Gasteiger partial charge in [-0.25, -0.2) is 0 Å². The molecule has 4 rings (SSSR count). The summed E-state index contributed by atoms with van der Waals surface area (Å²) in [7, 11) is 1.49. The SMILES string of the molecule is CN1C(=O)[C@]23CCC[C@@]2(C1=O)c1ccccc1C3=O. The average Bonchev–Trinajstić information content (AvgIpc) is 2.98. The zero-order valence-corrected chi connectivity index (χ0v) is 10.6. The lowest BCUT2D eigenvalue weighted by atomic mass is 9.67. The van der Waals surface area contributed by atoms with Crippen molar-refractivity contribution in [2.24, 2.45) is 5.41 Å². The number of carbonyl (C=O) groups is 3. The maximum Gasteiger partial charge on any atom is 0.244 e. The molecule has 0 aromatic heterocycles. The number of carbonyl (C=O) groups excluding carboxylic acids is 3. The van der Waals surface area contributed by atoms with Crippen LogP contribution < -0.4 is 0 Å². The Morgan fingerprint density at radius 3 is 2.42 bits per heavy atom. The first kappa shape index (κ1) is 10.9. The molecule has 0 radical (unpaired) electrons. The molecular formula is C15H13NO3. The van der Waals surface area contributed by atoms with Gasteiger partial charge in [0.2, 0.25) is 11.8 Å². The van der Waals surface area contributed by atoms with E-state index < -0.39 is 10.8 Å². The molecule has 1 aromatic carbocycles. The molecule has 2 aliphatic carbocycles. The third-order valence-corrected chi connectivity index (χ3v) is 5.19. The van der Waals surface area contributed by atoms with Crippen LogP contribution in [0.25, 0.3) is 0 Å². The molecule has 0 spiro atoms. The molecule has 0 unspecified atom stereocenters. The summed E-state index contributed by atoms with van der Waals surface area (Å²) in [6, 6.07) is 7.21. The van der Waals surface area contributed by atoms with E-state index in [-0.39, 0.29) is 17.6 Å². The number of rotatable bonds is 0. The van der Waals surface area contributed by atoms with Crippen molar-refractivity contribution in [3.63, 3.8) is 0 Å². The second-order valence-electron chi connectivity index (χ2n) is 5.71. The topological polar surface area (TPSA) is 54.5 Å². The molecule has 1 aliphatic heterocycles. The van der Waals surface area contributed by atoms with Crippen molar-refractivity contribution in [1.82, 2.24) is 4.90 Å². The summed E-state index contributed by atoms with van der Waals surface area (Å²) < 4.78 is 0. The van der Waals surface area contributed by atoms with Crippen molar-refractivity contribution in [3.8, 4) is 0 Å². The van der Waals surface area contributed by atoms with Crippen LogP contribution in [0.3, 0.4) is 0 Å². The maximum atomic E-state index is 12.8. The quantitative estimate of drug-likeness (QED) is 0.518. The lowest BCUT2D eigenvalue weighted by Crippen LogP contribution is -2.43. The minimum absolute atomic E-state index is 0.150. The zero-order chi connectivity index (χ0) is 13.4. The Hall–Kier alpha value is -1.97. The molecule has 0 bridgehead atoms. The smallest absolute Gasteiger partial charge is 0.244 e. The molecule has 4 heteroatoms. The van der Waals surface area contributed by atoms with E-state index in [9.17, 15) is 14.4 Å². The van der Waals surface area contributed by atoms with Crippen LogP contribution in [0.5, 0.6) is 0 Å². The minimum atomic E-state index is -1.14. The molecule has 3 aliphatic rings. The van der Waals surface area contributed by atoms with Crippen molar-refractivity contribution >= 4 is 17.6 Å². The average molecular weight is 255 g/mol. The van der Waals surface area contributed by atoms with Gasteiger partial charge in [0.15, 0.2) is 5.78 Å². The Morgan fingerprint density at radius 1 is 1.00 bits per heavy atom. The fourth-order valence-electron chi connectivity index (χ4n) is 4.46. The third kappa shape index (κ3) is 0.820. The Labute approximate surface area is 110 Å². The normalized spacial score (nSPS) is 35.6. The summed E-state index contributed by atoms with van der Waals surface area (Å²) in [4.78, 5) is 39.2. The van der Waals surface area contributed by atoms with Crippen molar-refractivity contribution < 1.29 is 14.4 Å². The van der Waals surface area contributed by atoms with Gasteiger partial charge in [-0.05, 0) is 18.4 Å². The van der Waals surface area contributed by atoms with Crippen molar-refractivity contribution in [1.29, 1.82) is 0 Å². The number of imide groups is 1. The van der Waals surface area contributed by atoms with E-state index in [0.717, 1.165) is 16.9 Å². The summed E-state index contributed by atoms with van der Waals surface area (Å²) in [6.45, 7) is 0. The Balaban J connectivity index is 2.14. The zero-order valence-electron chi connectivity index (χ0n) is 10.6. The van der Waals surface area contributed by atoms with E-state index in [2.05, 4.69) is 0 Å². The molecule has 19 heavy (non-hydrogen) atoms. The molecule has 1 aromatic rings. The van der Waals surface area contributed by atoms with E-state index in [1.165, 1.54) is 7.05 Å². The molecule has 2 atom stereocenters. The van der Waals surface area contributed by atoms with E-state index in [1.54, 1.807) is 12.1 Å². The molecule has 1 heterocycles. The summed E-state index contributed by atoms with van der Waals surface area (Å²) in [5, 5.41) is 0. The predicted molar refractivity (Wildman–Crippen MR) is 66.5 cm³/mol. The molecule has 4 nitrogen and oxygen atoms in total. The van der Waals surface area contributed by atoms with Crippen molar-refractivity contribution in [2.75, 3.05) is 7.05 Å². The van der Waals surface area contributed by atoms with Gasteiger partial charge in [-0.2, -0.15) is 0 Å². The van der Waals surface area contributed by atoms with Gasteiger partial charge in [0.05, 0.1) is 5.41 Å². The summed E-state index contributed by atoms with van der Waals surface area (Å²) in [5.41, 5.74) is -0.716. The van der Waals surface area contributed by atoms with E-state index in [4.69, 9.17) is 0 Å². The largest absolute Gasteiger partial charge is 0.293 e. The number of ketones is 1. The number of Topliss-reactive ketones (excluding diaryl/α,β-unsaturated/α-hetero) is 1. The first-order valence-corrected chi connectivity index (χ1v) is 6.54. The van der Waals surface area contributed by atoms with Crippen LogP contribution in [0, 0.1) is 5.41 Å². The van der Waals surface area contributed by atoms with Gasteiger partial charge in [0.1, 0.15) is 5.41 Å². The van der Waals surface area contributed by atoms with Crippen LogP contribution in [0.15, 0.2) is 24.3 Å². The number of hydrogen-bond acceptors (Lipinski definition) is 3. The number of fused-ring (bicyclic) bond motifs is 1. The number of nitrogens with zero attached hydrogens (tertiary/aromatic N) is 1. The van der Waals surface area contributed by atoms with Gasteiger partial charge >= 0.3 is 0 Å². The highest BCUT2D eigenvalue weighted by Gasteiger charge is 2.78. The van der Waals surface area contributed by atoms with Gasteiger partial charge in [0.25, 0.3) is 0 Å². The van der Waals surface area contributed by atoms with E-state index in [1.807, 2.05) is 12.1 Å². The molecule has 1 saturated carbocycles. The molecule has 2 amide bonds. The summed E-state index contributed by atoms with van der Waals surface area (Å²) in [6.07, 6.45) is 1.85. The highest BCUT2D eigenvalue weighted by Crippen LogP contribution is 2.65. The van der Waals surface area contributed by atoms with Crippen LogP contribution in [0.4, 0.5) is 0 Å².